The first-order chi connectivity index (χ1) is 8.76. The van der Waals surface area contributed by atoms with E-state index in [-0.39, 0.29) is 5.75 Å². The van der Waals surface area contributed by atoms with E-state index in [4.69, 9.17) is 9.84 Å². The molecule has 1 saturated carbocycles. The fourth-order valence-electron chi connectivity index (χ4n) is 2.08. The van der Waals surface area contributed by atoms with Gasteiger partial charge < -0.3 is 9.84 Å². The second-order valence-electron chi connectivity index (χ2n) is 4.23. The Bertz CT molecular complexity index is 574. The van der Waals surface area contributed by atoms with E-state index in [2.05, 4.69) is 0 Å². The van der Waals surface area contributed by atoms with Crippen LogP contribution in [-0.4, -0.2) is 29.0 Å². The molecule has 1 unspecified atom stereocenters. The summed E-state index contributed by atoms with van der Waals surface area (Å²) >= 11 is 0. The van der Waals surface area contributed by atoms with Crippen LogP contribution in [0.2, 0.25) is 0 Å². The van der Waals surface area contributed by atoms with Crippen molar-refractivity contribution in [1.82, 2.24) is 0 Å². The predicted octanol–water partition coefficient (Wildman–Crippen LogP) is 1.96. The standard InChI is InChI=1S/C11H9F2NO5/c1-19-6-2-3-7(8(4-6)14(17)18)10(9(15)16)5-11(10,12)13/h2-4H,5H2,1H3,(H,15,16). The Kier molecular flexibility index (Phi) is 2.69. The van der Waals surface area contributed by atoms with Gasteiger partial charge in [-0.1, -0.05) is 0 Å². The Morgan fingerprint density at radius 3 is 2.47 bits per heavy atom. The first-order valence-electron chi connectivity index (χ1n) is 5.20. The second kappa shape index (κ2) is 3.87. The van der Waals surface area contributed by atoms with Gasteiger partial charge in [0.1, 0.15) is 5.75 Å². The van der Waals surface area contributed by atoms with Crippen LogP contribution in [0.15, 0.2) is 18.2 Å². The van der Waals surface area contributed by atoms with Crippen molar-refractivity contribution in [3.8, 4) is 5.75 Å². The first-order valence-corrected chi connectivity index (χ1v) is 5.20. The van der Waals surface area contributed by atoms with Gasteiger partial charge >= 0.3 is 5.97 Å². The normalized spacial score (nSPS) is 23.7. The second-order valence-corrected chi connectivity index (χ2v) is 4.23. The number of nitro groups is 1. The lowest BCUT2D eigenvalue weighted by Gasteiger charge is -2.12. The number of nitro benzene ring substituents is 1. The monoisotopic (exact) mass is 273 g/mol. The number of halogens is 2. The molecule has 19 heavy (non-hydrogen) atoms. The number of methoxy groups -OCH3 is 1. The molecular weight excluding hydrogens is 264 g/mol. The summed E-state index contributed by atoms with van der Waals surface area (Å²) in [5.74, 6) is -5.16. The van der Waals surface area contributed by atoms with E-state index < -0.39 is 39.9 Å². The Morgan fingerprint density at radius 2 is 2.11 bits per heavy atom. The van der Waals surface area contributed by atoms with Gasteiger partial charge in [-0.2, -0.15) is 0 Å². The highest BCUT2D eigenvalue weighted by Gasteiger charge is 2.78. The van der Waals surface area contributed by atoms with E-state index >= 15 is 0 Å². The molecule has 1 aliphatic carbocycles. The lowest BCUT2D eigenvalue weighted by atomic mass is 9.93. The van der Waals surface area contributed by atoms with Crippen LogP contribution in [0.4, 0.5) is 14.5 Å². The number of benzene rings is 1. The summed E-state index contributed by atoms with van der Waals surface area (Å²) in [6.07, 6.45) is -0.942. The summed E-state index contributed by atoms with van der Waals surface area (Å²) in [5, 5.41) is 19.9. The summed E-state index contributed by atoms with van der Waals surface area (Å²) in [4.78, 5) is 21.1. The van der Waals surface area contributed by atoms with Crippen LogP contribution in [0, 0.1) is 10.1 Å². The zero-order valence-corrected chi connectivity index (χ0v) is 9.72. The van der Waals surface area contributed by atoms with Gasteiger partial charge in [0.2, 0.25) is 0 Å². The van der Waals surface area contributed by atoms with Crippen molar-refractivity contribution in [1.29, 1.82) is 0 Å². The van der Waals surface area contributed by atoms with Gasteiger partial charge in [-0.15, -0.1) is 0 Å². The highest BCUT2D eigenvalue weighted by molar-refractivity contribution is 5.89. The van der Waals surface area contributed by atoms with Gasteiger partial charge in [-0.05, 0) is 12.1 Å². The summed E-state index contributed by atoms with van der Waals surface area (Å²) in [5.41, 5.74) is -3.70. The van der Waals surface area contributed by atoms with Crippen molar-refractivity contribution in [3.05, 3.63) is 33.9 Å². The molecule has 6 nitrogen and oxygen atoms in total. The molecule has 1 atom stereocenters. The fourth-order valence-corrected chi connectivity index (χ4v) is 2.08. The third kappa shape index (κ3) is 1.71. The molecule has 1 fully saturated rings. The van der Waals surface area contributed by atoms with E-state index in [1.54, 1.807) is 0 Å². The number of hydrogen-bond donors (Lipinski definition) is 1. The molecule has 1 aromatic carbocycles. The summed E-state index contributed by atoms with van der Waals surface area (Å²) < 4.78 is 31.5. The topological polar surface area (TPSA) is 89.7 Å². The Morgan fingerprint density at radius 1 is 1.53 bits per heavy atom. The molecule has 1 aromatic rings. The molecule has 0 saturated heterocycles. The van der Waals surface area contributed by atoms with Crippen LogP contribution in [0.3, 0.4) is 0 Å². The van der Waals surface area contributed by atoms with Crippen molar-refractivity contribution in [2.75, 3.05) is 7.11 Å². The predicted molar refractivity (Wildman–Crippen MR) is 58.5 cm³/mol. The minimum Gasteiger partial charge on any atom is -0.497 e. The van der Waals surface area contributed by atoms with Crippen LogP contribution < -0.4 is 4.74 Å². The Balaban J connectivity index is 2.63. The van der Waals surface area contributed by atoms with Gasteiger partial charge in [-0.25, -0.2) is 8.78 Å². The maximum Gasteiger partial charge on any atom is 0.320 e. The quantitative estimate of drug-likeness (QED) is 0.669. The molecule has 0 bridgehead atoms. The lowest BCUT2D eigenvalue weighted by Crippen LogP contribution is -2.28. The maximum absolute atomic E-state index is 13.4. The smallest absolute Gasteiger partial charge is 0.320 e. The highest BCUT2D eigenvalue weighted by atomic mass is 19.3. The SMILES string of the molecule is COc1ccc(C2(C(=O)O)CC2(F)F)c([N+](=O)[O-])c1. The third-order valence-corrected chi connectivity index (χ3v) is 3.21. The molecule has 2 rings (SSSR count). The number of ether oxygens (including phenoxy) is 1. The van der Waals surface area contributed by atoms with Crippen molar-refractivity contribution >= 4 is 11.7 Å². The zero-order chi connectivity index (χ0) is 14.4. The van der Waals surface area contributed by atoms with Crippen molar-refractivity contribution < 1.29 is 28.3 Å². The number of carbonyl (C=O) groups is 1. The number of rotatable bonds is 4. The van der Waals surface area contributed by atoms with E-state index in [0.29, 0.717) is 0 Å². The lowest BCUT2D eigenvalue weighted by molar-refractivity contribution is -0.386. The number of carboxylic acid groups (broad SMARTS) is 1. The molecule has 102 valence electrons. The van der Waals surface area contributed by atoms with Crippen molar-refractivity contribution in [3.63, 3.8) is 0 Å². The van der Waals surface area contributed by atoms with Crippen molar-refractivity contribution in [2.24, 2.45) is 0 Å². The number of nitrogens with zero attached hydrogens (tertiary/aromatic N) is 1. The number of aliphatic carboxylic acids is 1. The number of hydrogen-bond acceptors (Lipinski definition) is 4. The molecule has 8 heteroatoms. The third-order valence-electron chi connectivity index (χ3n) is 3.21. The van der Waals surface area contributed by atoms with E-state index in [1.165, 1.54) is 13.2 Å². The Labute approximate surface area is 105 Å². The largest absolute Gasteiger partial charge is 0.497 e. The fraction of sp³-hybridized carbons (Fsp3) is 0.364. The van der Waals surface area contributed by atoms with Crippen LogP contribution in [0.5, 0.6) is 5.75 Å². The maximum atomic E-state index is 13.4. The molecule has 1 N–H and O–H groups in total. The van der Waals surface area contributed by atoms with E-state index in [9.17, 15) is 23.7 Å². The van der Waals surface area contributed by atoms with Crippen LogP contribution >= 0.6 is 0 Å². The van der Waals surface area contributed by atoms with E-state index in [0.717, 1.165) is 12.1 Å². The zero-order valence-electron chi connectivity index (χ0n) is 9.72. The average molecular weight is 273 g/mol. The molecule has 0 aromatic heterocycles. The summed E-state index contributed by atoms with van der Waals surface area (Å²) in [6, 6.07) is 3.17. The van der Waals surface area contributed by atoms with Gasteiger partial charge in [0.25, 0.3) is 11.6 Å². The number of alkyl halides is 2. The van der Waals surface area contributed by atoms with Crippen LogP contribution in [0.25, 0.3) is 0 Å². The van der Waals surface area contributed by atoms with Gasteiger partial charge in [0.15, 0.2) is 5.41 Å². The molecule has 0 spiro atoms. The highest BCUT2D eigenvalue weighted by Crippen LogP contribution is 2.63. The molecule has 0 radical (unpaired) electrons. The molecule has 0 aliphatic heterocycles. The van der Waals surface area contributed by atoms with Crippen LogP contribution in [-0.2, 0) is 10.2 Å². The molecular formula is C11H9F2NO5. The summed E-state index contributed by atoms with van der Waals surface area (Å²) in [6.45, 7) is 0. The Hall–Kier alpha value is -2.25. The van der Waals surface area contributed by atoms with Gasteiger partial charge in [-0.3, -0.25) is 14.9 Å². The minimum atomic E-state index is -3.49. The van der Waals surface area contributed by atoms with Gasteiger partial charge in [0, 0.05) is 6.42 Å². The molecule has 0 heterocycles. The van der Waals surface area contributed by atoms with Crippen molar-refractivity contribution in [2.45, 2.75) is 17.8 Å². The van der Waals surface area contributed by atoms with Crippen LogP contribution in [0.1, 0.15) is 12.0 Å². The summed E-state index contributed by atoms with van der Waals surface area (Å²) in [7, 11) is 1.26. The average Bonchev–Trinajstić information content (AvgIpc) is 2.93. The molecule has 0 amide bonds. The molecule has 1 aliphatic rings. The first kappa shape index (κ1) is 13.2. The number of carboxylic acids is 1. The van der Waals surface area contributed by atoms with Gasteiger partial charge in [0.05, 0.1) is 23.7 Å². The minimum absolute atomic E-state index is 0.0972. The van der Waals surface area contributed by atoms with E-state index in [1.807, 2.05) is 0 Å².